The van der Waals surface area contributed by atoms with Crippen LogP contribution in [-0.4, -0.2) is 52.1 Å². The maximum Gasteiger partial charge on any atom is 0.233 e. The van der Waals surface area contributed by atoms with E-state index in [-0.39, 0.29) is 53.6 Å². The number of imide groups is 1. The molecule has 2 aromatic rings. The van der Waals surface area contributed by atoms with E-state index in [2.05, 4.69) is 15.9 Å². The fraction of sp³-hybridized carbons (Fsp3) is 0.312. The lowest BCUT2D eigenvalue weighted by molar-refractivity contribution is -0.140. The molecule has 210 valence electrons. The van der Waals surface area contributed by atoms with E-state index < -0.39 is 23.7 Å². The molecule has 41 heavy (non-hydrogen) atoms. The van der Waals surface area contributed by atoms with Gasteiger partial charge in [-0.25, -0.2) is 0 Å². The number of methoxy groups -OCH3 is 1. The molecular weight excluding hydrogens is 590 g/mol. The minimum atomic E-state index is -0.773. The van der Waals surface area contributed by atoms with Gasteiger partial charge in [0.15, 0.2) is 23.1 Å². The Hall–Kier alpha value is -3.98. The molecule has 0 spiro atoms. The van der Waals surface area contributed by atoms with E-state index in [0.717, 1.165) is 11.1 Å². The molecule has 0 saturated carbocycles. The van der Waals surface area contributed by atoms with Gasteiger partial charge in [0.2, 0.25) is 11.8 Å². The Kier molecular flexibility index (Phi) is 6.72. The molecule has 6 rings (SSSR count). The molecule has 2 N–H and O–H groups in total. The number of carbonyl (C=O) groups is 4. The van der Waals surface area contributed by atoms with Crippen LogP contribution in [0.5, 0.6) is 17.2 Å². The summed E-state index contributed by atoms with van der Waals surface area (Å²) in [5, 5.41) is 20.8. The number of halogens is 1. The molecule has 2 amide bonds. The lowest BCUT2D eigenvalue weighted by atomic mass is 9.59. The summed E-state index contributed by atoms with van der Waals surface area (Å²) in [5.74, 6) is -3.36. The predicted molar refractivity (Wildman–Crippen MR) is 152 cm³/mol. The van der Waals surface area contributed by atoms with Crippen LogP contribution in [0.2, 0.25) is 0 Å². The monoisotopic (exact) mass is 617 g/mol. The van der Waals surface area contributed by atoms with Gasteiger partial charge < -0.3 is 14.9 Å². The molecule has 0 aromatic heterocycles. The van der Waals surface area contributed by atoms with E-state index in [4.69, 9.17) is 4.74 Å². The summed E-state index contributed by atoms with van der Waals surface area (Å²) in [7, 11) is 1.43. The number of likely N-dealkylation sites (tertiary alicyclic amines) is 1. The summed E-state index contributed by atoms with van der Waals surface area (Å²) in [6, 6.07) is 9.97. The van der Waals surface area contributed by atoms with Crippen LogP contribution in [0.3, 0.4) is 0 Å². The second-order valence-electron chi connectivity index (χ2n) is 11.0. The van der Waals surface area contributed by atoms with Gasteiger partial charge in [0.1, 0.15) is 5.75 Å². The quantitative estimate of drug-likeness (QED) is 0.287. The molecule has 1 aliphatic heterocycles. The Labute approximate surface area is 245 Å². The lowest BCUT2D eigenvalue weighted by Gasteiger charge is -2.42. The van der Waals surface area contributed by atoms with Gasteiger partial charge in [0.05, 0.1) is 18.9 Å². The molecular formula is C32H28BrNO7. The van der Waals surface area contributed by atoms with Crippen molar-refractivity contribution in [2.24, 2.45) is 17.8 Å². The minimum absolute atomic E-state index is 0.141. The molecule has 4 atom stereocenters. The molecule has 0 bridgehead atoms. The number of aromatic hydroxyl groups is 2. The number of ether oxygens (including phenoxy) is 1. The topological polar surface area (TPSA) is 121 Å². The van der Waals surface area contributed by atoms with Gasteiger partial charge in [-0.3, -0.25) is 24.1 Å². The molecule has 4 aliphatic rings. The van der Waals surface area contributed by atoms with Crippen molar-refractivity contribution >= 4 is 39.3 Å². The minimum Gasteiger partial charge on any atom is -0.508 e. The number of ketones is 2. The summed E-state index contributed by atoms with van der Waals surface area (Å²) in [5.41, 5.74) is 3.01. The van der Waals surface area contributed by atoms with Gasteiger partial charge in [-0.1, -0.05) is 39.7 Å². The Morgan fingerprint density at radius 2 is 1.76 bits per heavy atom. The fourth-order valence-electron chi connectivity index (χ4n) is 6.88. The summed E-state index contributed by atoms with van der Waals surface area (Å²) in [4.78, 5) is 55.6. The Morgan fingerprint density at radius 1 is 1.02 bits per heavy atom. The summed E-state index contributed by atoms with van der Waals surface area (Å²) < 4.78 is 6.01. The number of nitrogens with zero attached hydrogens (tertiary/aromatic N) is 1. The van der Waals surface area contributed by atoms with Crippen molar-refractivity contribution in [3.63, 3.8) is 0 Å². The third-order valence-corrected chi connectivity index (χ3v) is 9.27. The van der Waals surface area contributed by atoms with Crippen molar-refractivity contribution in [3.05, 3.63) is 86.4 Å². The van der Waals surface area contributed by atoms with Crippen molar-refractivity contribution in [2.75, 3.05) is 13.7 Å². The number of Topliss-reactive ketones (excluding diaryl/α,β-unsaturated/α-hetero) is 1. The van der Waals surface area contributed by atoms with Crippen molar-refractivity contribution in [1.82, 2.24) is 4.90 Å². The standard InChI is InChI=1S/C32H28BrNO7/c1-15-11-24(36)22-14-21-19(26(28(22)29(15)37)23-12-17(33)13-25(41-2)30(23)38)7-8-20-27(21)32(40)34(31(20)39)10-9-16-3-5-18(35)6-4-16/h3-7,11-13,20-21,26-27,35,38H,8-10,14H2,1-2H3/t20-,21+,26+,27-/m0/s1. The molecule has 8 nitrogen and oxygen atoms in total. The van der Waals surface area contributed by atoms with Crippen molar-refractivity contribution in [2.45, 2.75) is 32.1 Å². The van der Waals surface area contributed by atoms with E-state index in [1.807, 2.05) is 6.08 Å². The second kappa shape index (κ2) is 10.1. The third kappa shape index (κ3) is 4.34. The number of benzene rings is 2. The SMILES string of the molecule is COc1cc(Br)cc([C@H]2C3=CC[C@@H]4C(=O)N(CCc5ccc(O)cc5)C(=O)[C@@H]4[C@@H]3CC3=C2C(=O)C(C)=CC3=O)c1O. The predicted octanol–water partition coefficient (Wildman–Crippen LogP) is 4.54. The molecule has 0 radical (unpaired) electrons. The van der Waals surface area contributed by atoms with Crippen LogP contribution < -0.4 is 4.74 Å². The average Bonchev–Trinajstić information content (AvgIpc) is 3.20. The lowest BCUT2D eigenvalue weighted by Crippen LogP contribution is -2.40. The number of rotatable bonds is 5. The summed E-state index contributed by atoms with van der Waals surface area (Å²) >= 11 is 3.47. The van der Waals surface area contributed by atoms with E-state index in [1.165, 1.54) is 18.1 Å². The average molecular weight is 618 g/mol. The second-order valence-corrected chi connectivity index (χ2v) is 11.9. The van der Waals surface area contributed by atoms with Gasteiger partial charge in [-0.15, -0.1) is 0 Å². The van der Waals surface area contributed by atoms with Crippen LogP contribution in [0.15, 0.2) is 75.3 Å². The molecule has 1 saturated heterocycles. The normalized spacial score (nSPS) is 25.5. The van der Waals surface area contributed by atoms with Crippen LogP contribution >= 0.6 is 15.9 Å². The first kappa shape index (κ1) is 27.2. The van der Waals surface area contributed by atoms with Crippen LogP contribution in [0.1, 0.15) is 36.8 Å². The largest absolute Gasteiger partial charge is 0.508 e. The highest BCUT2D eigenvalue weighted by molar-refractivity contribution is 9.10. The molecule has 3 aliphatic carbocycles. The number of hydrogen-bond acceptors (Lipinski definition) is 7. The van der Waals surface area contributed by atoms with Crippen LogP contribution in [-0.2, 0) is 25.6 Å². The van der Waals surface area contributed by atoms with Crippen molar-refractivity contribution < 1.29 is 34.1 Å². The van der Waals surface area contributed by atoms with Gasteiger partial charge in [0.25, 0.3) is 0 Å². The highest BCUT2D eigenvalue weighted by Gasteiger charge is 2.56. The zero-order valence-electron chi connectivity index (χ0n) is 22.5. The maximum absolute atomic E-state index is 13.9. The zero-order chi connectivity index (χ0) is 29.2. The van der Waals surface area contributed by atoms with E-state index in [0.29, 0.717) is 39.6 Å². The highest BCUT2D eigenvalue weighted by Crippen LogP contribution is 2.57. The zero-order valence-corrected chi connectivity index (χ0v) is 24.1. The number of hydrogen-bond donors (Lipinski definition) is 2. The van der Waals surface area contributed by atoms with Crippen LogP contribution in [0, 0.1) is 17.8 Å². The fourth-order valence-corrected chi connectivity index (χ4v) is 7.33. The summed E-state index contributed by atoms with van der Waals surface area (Å²) in [6.07, 6.45) is 4.19. The molecule has 9 heteroatoms. The molecule has 1 fully saturated rings. The van der Waals surface area contributed by atoms with Gasteiger partial charge in [-0.05, 0) is 68.0 Å². The smallest absolute Gasteiger partial charge is 0.233 e. The van der Waals surface area contributed by atoms with Gasteiger partial charge in [0, 0.05) is 39.2 Å². The van der Waals surface area contributed by atoms with E-state index in [1.54, 1.807) is 43.3 Å². The Bertz CT molecular complexity index is 1620. The number of fused-ring (bicyclic) bond motifs is 3. The van der Waals surface area contributed by atoms with Crippen molar-refractivity contribution in [3.8, 4) is 17.2 Å². The first-order valence-electron chi connectivity index (χ1n) is 13.5. The number of carbonyl (C=O) groups excluding carboxylic acids is 4. The van der Waals surface area contributed by atoms with E-state index >= 15 is 0 Å². The van der Waals surface area contributed by atoms with Gasteiger partial charge in [-0.2, -0.15) is 0 Å². The van der Waals surface area contributed by atoms with Gasteiger partial charge >= 0.3 is 0 Å². The van der Waals surface area contributed by atoms with Crippen LogP contribution in [0.4, 0.5) is 0 Å². The molecule has 2 aromatic carbocycles. The first-order valence-corrected chi connectivity index (χ1v) is 14.3. The number of amides is 2. The Balaban J connectivity index is 1.42. The highest BCUT2D eigenvalue weighted by atomic mass is 79.9. The number of phenolic OH excluding ortho intramolecular Hbond substituents is 2. The van der Waals surface area contributed by atoms with Crippen LogP contribution in [0.25, 0.3) is 0 Å². The summed E-state index contributed by atoms with van der Waals surface area (Å²) in [6.45, 7) is 1.81. The molecule has 1 heterocycles. The number of phenols is 2. The Morgan fingerprint density at radius 3 is 2.46 bits per heavy atom. The molecule has 0 unspecified atom stereocenters. The first-order chi connectivity index (χ1) is 19.6. The maximum atomic E-state index is 13.9. The van der Waals surface area contributed by atoms with E-state index in [9.17, 15) is 29.4 Å². The van der Waals surface area contributed by atoms with Crippen molar-refractivity contribution in [1.29, 1.82) is 0 Å². The third-order valence-electron chi connectivity index (χ3n) is 8.82. The number of allylic oxidation sites excluding steroid dienone is 6.